The fraction of sp³-hybridized carbons (Fsp3) is 1.00. The maximum absolute atomic E-state index is 9.41. The number of aliphatic hydroxyl groups is 4. The highest BCUT2D eigenvalue weighted by molar-refractivity contribution is 4.86. The number of rotatable bonds is 3. The molecule has 84 valence electrons. The van der Waals surface area contributed by atoms with E-state index in [-0.39, 0.29) is 13.2 Å². The first kappa shape index (κ1) is 11.8. The maximum Gasteiger partial charge on any atom is 0.186 e. The van der Waals surface area contributed by atoms with Crippen molar-refractivity contribution < 1.29 is 29.9 Å². The predicted octanol–water partition coefficient (Wildman–Crippen LogP) is -2.18. The van der Waals surface area contributed by atoms with Gasteiger partial charge in [0.15, 0.2) is 6.29 Å². The smallest absolute Gasteiger partial charge is 0.186 e. The van der Waals surface area contributed by atoms with E-state index in [2.05, 4.69) is 0 Å². The van der Waals surface area contributed by atoms with Gasteiger partial charge in [-0.25, -0.2) is 0 Å². The van der Waals surface area contributed by atoms with Crippen LogP contribution in [0.5, 0.6) is 0 Å². The average molecular weight is 208 g/mol. The molecule has 0 aromatic rings. The molecule has 4 N–H and O–H groups in total. The van der Waals surface area contributed by atoms with Crippen LogP contribution in [0, 0.1) is 0 Å². The molecule has 6 heteroatoms. The van der Waals surface area contributed by atoms with Crippen molar-refractivity contribution in [2.75, 3.05) is 13.2 Å². The minimum Gasteiger partial charge on any atom is -0.394 e. The Hall–Kier alpha value is -0.240. The zero-order chi connectivity index (χ0) is 10.7. The third-order valence-corrected chi connectivity index (χ3v) is 2.18. The normalized spacial score (nSPS) is 43.9. The molecule has 0 aromatic heterocycles. The Morgan fingerprint density at radius 1 is 1.14 bits per heavy atom. The first-order valence-electron chi connectivity index (χ1n) is 4.50. The van der Waals surface area contributed by atoms with Gasteiger partial charge in [0.05, 0.1) is 19.3 Å². The number of ether oxygens (including phenoxy) is 2. The topological polar surface area (TPSA) is 99.4 Å². The van der Waals surface area contributed by atoms with Crippen molar-refractivity contribution in [2.24, 2.45) is 0 Å². The van der Waals surface area contributed by atoms with Gasteiger partial charge in [0.1, 0.15) is 18.3 Å². The molecule has 0 bridgehead atoms. The molecule has 14 heavy (non-hydrogen) atoms. The van der Waals surface area contributed by atoms with Crippen molar-refractivity contribution in [3.8, 4) is 0 Å². The highest BCUT2D eigenvalue weighted by Gasteiger charge is 2.42. The first-order valence-corrected chi connectivity index (χ1v) is 4.50. The monoisotopic (exact) mass is 208 g/mol. The van der Waals surface area contributed by atoms with E-state index in [9.17, 15) is 15.3 Å². The van der Waals surface area contributed by atoms with Crippen LogP contribution in [0.4, 0.5) is 0 Å². The molecule has 6 nitrogen and oxygen atoms in total. The lowest BCUT2D eigenvalue weighted by molar-refractivity contribution is -0.294. The maximum atomic E-state index is 9.41. The van der Waals surface area contributed by atoms with E-state index in [1.165, 1.54) is 0 Å². The highest BCUT2D eigenvalue weighted by atomic mass is 16.7. The third-order valence-electron chi connectivity index (χ3n) is 2.18. The summed E-state index contributed by atoms with van der Waals surface area (Å²) in [5.41, 5.74) is 0. The van der Waals surface area contributed by atoms with Gasteiger partial charge in [-0.3, -0.25) is 0 Å². The fourth-order valence-corrected chi connectivity index (χ4v) is 1.32. The number of aliphatic hydroxyl groups excluding tert-OH is 4. The van der Waals surface area contributed by atoms with Gasteiger partial charge < -0.3 is 29.9 Å². The van der Waals surface area contributed by atoms with E-state index in [1.54, 1.807) is 6.92 Å². The Morgan fingerprint density at radius 3 is 2.36 bits per heavy atom. The minimum absolute atomic E-state index is 0.0112. The van der Waals surface area contributed by atoms with E-state index in [0.717, 1.165) is 0 Å². The summed E-state index contributed by atoms with van der Waals surface area (Å²) in [7, 11) is 0. The molecule has 0 amide bonds. The largest absolute Gasteiger partial charge is 0.394 e. The number of hydrogen-bond acceptors (Lipinski definition) is 6. The standard InChI is InChI=1S/C8H16O6/c1-4-5(10)6(11)7(12)8(14-4)13-3-2-9/h4-12H,2-3H2,1H3/t4-,5+,6+,7-,8-/m0/s1. The summed E-state index contributed by atoms with van der Waals surface area (Å²) in [6.45, 7) is 1.38. The van der Waals surface area contributed by atoms with Crippen LogP contribution in [0.15, 0.2) is 0 Å². The molecule has 1 rings (SSSR count). The Bertz CT molecular complexity index is 175. The van der Waals surface area contributed by atoms with Crippen molar-refractivity contribution in [3.05, 3.63) is 0 Å². The van der Waals surface area contributed by atoms with Crippen molar-refractivity contribution >= 4 is 0 Å². The van der Waals surface area contributed by atoms with Crippen molar-refractivity contribution in [2.45, 2.75) is 37.6 Å². The Kier molecular flexibility index (Phi) is 4.24. The Labute approximate surface area is 81.7 Å². The lowest BCUT2D eigenvalue weighted by atomic mass is 10.0. The van der Waals surface area contributed by atoms with Crippen LogP contribution in [0.1, 0.15) is 6.92 Å². The van der Waals surface area contributed by atoms with E-state index in [0.29, 0.717) is 0 Å². The van der Waals surface area contributed by atoms with E-state index in [4.69, 9.17) is 14.6 Å². The Balaban J connectivity index is 2.52. The summed E-state index contributed by atoms with van der Waals surface area (Å²) < 4.78 is 10.0. The summed E-state index contributed by atoms with van der Waals surface area (Å²) in [5.74, 6) is 0. The fourth-order valence-electron chi connectivity index (χ4n) is 1.32. The average Bonchev–Trinajstić information content (AvgIpc) is 2.18. The molecule has 0 aliphatic carbocycles. The zero-order valence-electron chi connectivity index (χ0n) is 7.91. The van der Waals surface area contributed by atoms with Gasteiger partial charge in [-0.15, -0.1) is 0 Å². The molecular formula is C8H16O6. The molecule has 0 radical (unpaired) electrons. The molecule has 1 heterocycles. The summed E-state index contributed by atoms with van der Waals surface area (Å²) in [4.78, 5) is 0. The zero-order valence-corrected chi connectivity index (χ0v) is 7.91. The summed E-state index contributed by atoms with van der Waals surface area (Å²) in [6.07, 6.45) is -5.33. The van der Waals surface area contributed by atoms with Gasteiger partial charge in [-0.2, -0.15) is 0 Å². The van der Waals surface area contributed by atoms with E-state index in [1.807, 2.05) is 0 Å². The molecule has 0 spiro atoms. The molecule has 1 fully saturated rings. The molecule has 1 saturated heterocycles. The van der Waals surface area contributed by atoms with Gasteiger partial charge in [0, 0.05) is 0 Å². The molecule has 1 aliphatic heterocycles. The molecule has 0 saturated carbocycles. The van der Waals surface area contributed by atoms with E-state index >= 15 is 0 Å². The second-order valence-corrected chi connectivity index (χ2v) is 3.28. The molecule has 5 atom stereocenters. The third kappa shape index (κ3) is 2.41. The van der Waals surface area contributed by atoms with Crippen molar-refractivity contribution in [1.82, 2.24) is 0 Å². The lowest BCUT2D eigenvalue weighted by Gasteiger charge is -2.38. The van der Waals surface area contributed by atoms with Crippen LogP contribution >= 0.6 is 0 Å². The van der Waals surface area contributed by atoms with Gasteiger partial charge in [-0.05, 0) is 6.92 Å². The van der Waals surface area contributed by atoms with Crippen LogP contribution in [0.2, 0.25) is 0 Å². The predicted molar refractivity (Wildman–Crippen MR) is 45.4 cm³/mol. The second kappa shape index (κ2) is 5.01. The van der Waals surface area contributed by atoms with Gasteiger partial charge in [-0.1, -0.05) is 0 Å². The first-order chi connectivity index (χ1) is 6.57. The number of hydrogen-bond donors (Lipinski definition) is 4. The summed E-state index contributed by atoms with van der Waals surface area (Å²) >= 11 is 0. The van der Waals surface area contributed by atoms with Gasteiger partial charge in [0.25, 0.3) is 0 Å². The van der Waals surface area contributed by atoms with Crippen LogP contribution in [0.25, 0.3) is 0 Å². The van der Waals surface area contributed by atoms with Crippen molar-refractivity contribution in [1.29, 1.82) is 0 Å². The summed E-state index contributed by atoms with van der Waals surface area (Å²) in [5, 5.41) is 36.6. The lowest BCUT2D eigenvalue weighted by Crippen LogP contribution is -2.57. The highest BCUT2D eigenvalue weighted by Crippen LogP contribution is 2.21. The van der Waals surface area contributed by atoms with Crippen LogP contribution < -0.4 is 0 Å². The van der Waals surface area contributed by atoms with Crippen molar-refractivity contribution in [3.63, 3.8) is 0 Å². The Morgan fingerprint density at radius 2 is 1.79 bits per heavy atom. The van der Waals surface area contributed by atoms with Crippen LogP contribution in [-0.2, 0) is 9.47 Å². The van der Waals surface area contributed by atoms with Crippen LogP contribution in [0.3, 0.4) is 0 Å². The molecule has 0 unspecified atom stereocenters. The second-order valence-electron chi connectivity index (χ2n) is 3.28. The molecular weight excluding hydrogens is 192 g/mol. The van der Waals surface area contributed by atoms with E-state index < -0.39 is 30.7 Å². The molecule has 0 aromatic carbocycles. The van der Waals surface area contributed by atoms with Gasteiger partial charge in [0.2, 0.25) is 0 Å². The SMILES string of the molecule is C[C@@H]1O[C@H](OCCO)[C@@H](O)[C@H](O)[C@@H]1O. The minimum atomic E-state index is -1.30. The quantitative estimate of drug-likeness (QED) is 0.421. The van der Waals surface area contributed by atoms with Gasteiger partial charge >= 0.3 is 0 Å². The molecule has 1 aliphatic rings. The summed E-state index contributed by atoms with van der Waals surface area (Å²) in [6, 6.07) is 0. The van der Waals surface area contributed by atoms with Crippen LogP contribution in [-0.4, -0.2) is 64.3 Å².